The molecular formula is C26H36F2O6. The van der Waals surface area contributed by atoms with Gasteiger partial charge in [-0.3, -0.25) is 4.79 Å². The van der Waals surface area contributed by atoms with Crippen LogP contribution in [0.5, 0.6) is 5.75 Å². The number of esters is 1. The van der Waals surface area contributed by atoms with E-state index in [1.54, 1.807) is 6.08 Å². The van der Waals surface area contributed by atoms with Crippen molar-refractivity contribution in [3.8, 4) is 5.75 Å². The van der Waals surface area contributed by atoms with E-state index in [9.17, 15) is 23.8 Å². The summed E-state index contributed by atoms with van der Waals surface area (Å²) in [4.78, 5) is 11.7. The molecule has 1 aliphatic carbocycles. The number of rotatable bonds is 10. The van der Waals surface area contributed by atoms with Gasteiger partial charge in [0.15, 0.2) is 11.6 Å². The zero-order valence-electron chi connectivity index (χ0n) is 19.9. The Labute approximate surface area is 199 Å². The van der Waals surface area contributed by atoms with Crippen molar-refractivity contribution in [3.05, 3.63) is 42.0 Å². The molecule has 34 heavy (non-hydrogen) atoms. The third-order valence-electron chi connectivity index (χ3n) is 6.56. The number of benzene rings is 1. The first kappa shape index (κ1) is 26.6. The molecule has 8 heteroatoms. The van der Waals surface area contributed by atoms with Gasteiger partial charge in [-0.05, 0) is 63.5 Å². The van der Waals surface area contributed by atoms with Crippen LogP contribution >= 0.6 is 0 Å². The summed E-state index contributed by atoms with van der Waals surface area (Å²) in [5, 5.41) is 20.8. The van der Waals surface area contributed by atoms with Gasteiger partial charge in [-0.2, -0.15) is 0 Å². The van der Waals surface area contributed by atoms with Gasteiger partial charge >= 0.3 is 5.97 Å². The first-order valence-electron chi connectivity index (χ1n) is 12.2. The Morgan fingerprint density at radius 1 is 1.29 bits per heavy atom. The lowest BCUT2D eigenvalue weighted by Gasteiger charge is -2.21. The SMILES string of the molecule is CC(C)OC(=O)CCC[C@@H]1CC[C@H]2[C@H](/C=C/C(O)COc3cc(F)ccc3F)[C@@H](O)C[C@H]2OC1. The molecule has 1 heterocycles. The van der Waals surface area contributed by atoms with Crippen molar-refractivity contribution in [2.45, 2.75) is 76.8 Å². The largest absolute Gasteiger partial charge is 0.487 e. The lowest BCUT2D eigenvalue weighted by atomic mass is 9.86. The number of halogens is 2. The number of aliphatic hydroxyl groups excluding tert-OH is 2. The molecule has 190 valence electrons. The highest BCUT2D eigenvalue weighted by atomic mass is 19.1. The summed E-state index contributed by atoms with van der Waals surface area (Å²) in [6.45, 7) is 4.06. The lowest BCUT2D eigenvalue weighted by molar-refractivity contribution is -0.147. The van der Waals surface area contributed by atoms with E-state index in [1.165, 1.54) is 6.08 Å². The van der Waals surface area contributed by atoms with E-state index in [0.717, 1.165) is 43.9 Å². The normalized spacial score (nSPS) is 28.0. The molecule has 0 bridgehead atoms. The van der Waals surface area contributed by atoms with Crippen LogP contribution in [-0.2, 0) is 14.3 Å². The van der Waals surface area contributed by atoms with Crippen LogP contribution in [0.4, 0.5) is 8.78 Å². The standard InChI is InChI=1S/C26H36F2O6/c1-16(2)34-26(31)5-3-4-17-6-9-21-20(23(30)13-24(21)32-14-17)10-8-19(29)15-33-25-12-18(27)7-11-22(25)28/h7-8,10-12,16-17,19-21,23-24,29-30H,3-6,9,13-15H2,1-2H3/b10-8+/t17-,19?,20+,21+,23+,24-/m1/s1. The summed E-state index contributed by atoms with van der Waals surface area (Å²) in [6.07, 6.45) is 6.02. The van der Waals surface area contributed by atoms with E-state index in [-0.39, 0.29) is 42.4 Å². The highest BCUT2D eigenvalue weighted by Gasteiger charge is 2.43. The molecule has 1 saturated heterocycles. The van der Waals surface area contributed by atoms with Crippen molar-refractivity contribution in [3.63, 3.8) is 0 Å². The number of fused-ring (bicyclic) bond motifs is 1. The van der Waals surface area contributed by atoms with E-state index < -0.39 is 23.8 Å². The second kappa shape index (κ2) is 12.6. The number of hydrogen-bond donors (Lipinski definition) is 2. The predicted molar refractivity (Wildman–Crippen MR) is 122 cm³/mol. The minimum atomic E-state index is -1.03. The van der Waals surface area contributed by atoms with Gasteiger partial charge in [-0.15, -0.1) is 0 Å². The Morgan fingerprint density at radius 2 is 2.09 bits per heavy atom. The number of aliphatic hydroxyl groups is 2. The second-order valence-corrected chi connectivity index (χ2v) is 9.63. The Kier molecular flexibility index (Phi) is 9.85. The summed E-state index contributed by atoms with van der Waals surface area (Å²) < 4.78 is 43.4. The van der Waals surface area contributed by atoms with Crippen molar-refractivity contribution in [1.82, 2.24) is 0 Å². The average molecular weight is 483 g/mol. The molecule has 0 spiro atoms. The Morgan fingerprint density at radius 3 is 2.85 bits per heavy atom. The molecule has 2 fully saturated rings. The average Bonchev–Trinajstić information content (AvgIpc) is 2.94. The van der Waals surface area contributed by atoms with E-state index in [4.69, 9.17) is 14.2 Å². The van der Waals surface area contributed by atoms with Crippen LogP contribution in [-0.4, -0.2) is 53.8 Å². The maximum atomic E-state index is 13.7. The molecule has 0 amide bonds. The van der Waals surface area contributed by atoms with Crippen molar-refractivity contribution < 1.29 is 38.0 Å². The fourth-order valence-electron chi connectivity index (χ4n) is 4.87. The fraction of sp³-hybridized carbons (Fsp3) is 0.654. The fourth-order valence-corrected chi connectivity index (χ4v) is 4.87. The van der Waals surface area contributed by atoms with Gasteiger partial charge in [0.05, 0.1) is 18.3 Å². The van der Waals surface area contributed by atoms with E-state index in [2.05, 4.69) is 0 Å². The van der Waals surface area contributed by atoms with Crippen LogP contribution in [0.15, 0.2) is 30.4 Å². The maximum Gasteiger partial charge on any atom is 0.306 e. The van der Waals surface area contributed by atoms with Gasteiger partial charge < -0.3 is 24.4 Å². The summed E-state index contributed by atoms with van der Waals surface area (Å²) in [5.41, 5.74) is 0. The monoisotopic (exact) mass is 482 g/mol. The molecule has 1 aliphatic heterocycles. The number of carbonyl (C=O) groups excluding carboxylic acids is 1. The van der Waals surface area contributed by atoms with Crippen LogP contribution in [0.2, 0.25) is 0 Å². The van der Waals surface area contributed by atoms with Crippen molar-refractivity contribution in [2.75, 3.05) is 13.2 Å². The molecule has 1 aromatic rings. The Bertz CT molecular complexity index is 830. The van der Waals surface area contributed by atoms with Gasteiger partial charge in [0, 0.05) is 31.4 Å². The molecule has 6 nitrogen and oxygen atoms in total. The predicted octanol–water partition coefficient (Wildman–Crippen LogP) is 4.17. The third kappa shape index (κ3) is 7.75. The lowest BCUT2D eigenvalue weighted by Crippen LogP contribution is -2.22. The summed E-state index contributed by atoms with van der Waals surface area (Å²) >= 11 is 0. The zero-order chi connectivity index (χ0) is 24.7. The smallest absolute Gasteiger partial charge is 0.306 e. The highest BCUT2D eigenvalue weighted by Crippen LogP contribution is 2.42. The van der Waals surface area contributed by atoms with Gasteiger partial charge in [0.1, 0.15) is 18.5 Å². The van der Waals surface area contributed by atoms with Gasteiger partial charge in [-0.25, -0.2) is 8.78 Å². The van der Waals surface area contributed by atoms with Crippen molar-refractivity contribution in [2.24, 2.45) is 17.8 Å². The van der Waals surface area contributed by atoms with E-state index in [1.807, 2.05) is 13.8 Å². The topological polar surface area (TPSA) is 85.2 Å². The molecular weight excluding hydrogens is 446 g/mol. The van der Waals surface area contributed by atoms with Gasteiger partial charge in [0.2, 0.25) is 0 Å². The molecule has 1 unspecified atom stereocenters. The Hall–Kier alpha value is -2.03. The van der Waals surface area contributed by atoms with Crippen LogP contribution in [0.1, 0.15) is 52.4 Å². The first-order valence-corrected chi connectivity index (χ1v) is 12.2. The summed E-state index contributed by atoms with van der Waals surface area (Å²) in [6, 6.07) is 2.90. The molecule has 2 aliphatic rings. The quantitative estimate of drug-likeness (QED) is 0.385. The number of hydrogen-bond acceptors (Lipinski definition) is 6. The van der Waals surface area contributed by atoms with Crippen molar-refractivity contribution in [1.29, 1.82) is 0 Å². The van der Waals surface area contributed by atoms with Crippen LogP contribution in [0.3, 0.4) is 0 Å². The van der Waals surface area contributed by atoms with Gasteiger partial charge in [-0.1, -0.05) is 12.2 Å². The Balaban J connectivity index is 1.47. The minimum Gasteiger partial charge on any atom is -0.487 e. The molecule has 0 aromatic heterocycles. The van der Waals surface area contributed by atoms with Crippen LogP contribution in [0.25, 0.3) is 0 Å². The zero-order valence-corrected chi connectivity index (χ0v) is 19.9. The molecule has 6 atom stereocenters. The molecule has 0 radical (unpaired) electrons. The van der Waals surface area contributed by atoms with Crippen LogP contribution in [0, 0.1) is 29.4 Å². The third-order valence-corrected chi connectivity index (χ3v) is 6.56. The maximum absolute atomic E-state index is 13.7. The van der Waals surface area contributed by atoms with Crippen molar-refractivity contribution >= 4 is 5.97 Å². The molecule has 3 rings (SSSR count). The molecule has 2 N–H and O–H groups in total. The summed E-state index contributed by atoms with van der Waals surface area (Å²) in [5.74, 6) is -1.41. The minimum absolute atomic E-state index is 0.0460. The number of carbonyl (C=O) groups is 1. The second-order valence-electron chi connectivity index (χ2n) is 9.63. The first-order chi connectivity index (χ1) is 16.2. The summed E-state index contributed by atoms with van der Waals surface area (Å²) in [7, 11) is 0. The van der Waals surface area contributed by atoms with E-state index in [0.29, 0.717) is 25.4 Å². The number of ether oxygens (including phenoxy) is 3. The van der Waals surface area contributed by atoms with Gasteiger partial charge in [0.25, 0.3) is 0 Å². The van der Waals surface area contributed by atoms with E-state index >= 15 is 0 Å². The molecule has 1 aromatic carbocycles. The van der Waals surface area contributed by atoms with Crippen LogP contribution < -0.4 is 4.74 Å². The molecule has 1 saturated carbocycles. The highest BCUT2D eigenvalue weighted by molar-refractivity contribution is 5.69.